The molecule has 2 aliphatic heterocycles. The second-order valence-corrected chi connectivity index (χ2v) is 18.5. The van der Waals surface area contributed by atoms with Crippen LogP contribution in [0.1, 0.15) is 103 Å². The third kappa shape index (κ3) is 13.7. The summed E-state index contributed by atoms with van der Waals surface area (Å²) in [6.07, 6.45) is 6.67. The van der Waals surface area contributed by atoms with E-state index in [1.54, 1.807) is 37.4 Å². The number of nitrogens with two attached hydrogens (primary N) is 2. The number of thioether (sulfide) groups is 2. The van der Waals surface area contributed by atoms with Gasteiger partial charge in [-0.25, -0.2) is 0 Å². The highest BCUT2D eigenvalue weighted by atomic mass is 32.2. The third-order valence-corrected chi connectivity index (χ3v) is 13.0. The molecule has 0 spiro atoms. The van der Waals surface area contributed by atoms with Crippen LogP contribution in [0, 0.1) is 22.7 Å². The molecule has 2 heterocycles. The highest BCUT2D eigenvalue weighted by Gasteiger charge is 2.40. The average Bonchev–Trinajstić information content (AvgIpc) is 3.65. The van der Waals surface area contributed by atoms with Gasteiger partial charge in [0.1, 0.15) is 18.1 Å². The quantitative estimate of drug-likeness (QED) is 0.104. The number of nitrogens with zero attached hydrogens (tertiary/aromatic N) is 1. The topological polar surface area (TPSA) is 230 Å². The smallest absolute Gasteiger partial charge is 0.244 e. The summed E-state index contributed by atoms with van der Waals surface area (Å²) in [4.78, 5) is 84.0. The van der Waals surface area contributed by atoms with E-state index < -0.39 is 53.2 Å². The second kappa shape index (κ2) is 21.7. The lowest BCUT2D eigenvalue weighted by Gasteiger charge is -2.33. The molecule has 0 unspecified atom stereocenters. The molecule has 3 aliphatic rings. The zero-order valence-electron chi connectivity index (χ0n) is 33.2. The molecule has 1 aromatic rings. The summed E-state index contributed by atoms with van der Waals surface area (Å²) in [6, 6.07) is 4.42. The van der Waals surface area contributed by atoms with Gasteiger partial charge in [0, 0.05) is 54.9 Å². The largest absolute Gasteiger partial charge is 0.370 e. The number of Topliss-reactive ketones (excluding diaryl/α,β-unsaturated/α-hetero) is 1. The Bertz CT molecular complexity index is 1560. The fraction of sp³-hybridized carbons (Fsp3) is 0.675. The summed E-state index contributed by atoms with van der Waals surface area (Å²) in [5, 5.41) is 18.8. The zero-order valence-corrected chi connectivity index (χ0v) is 34.8. The van der Waals surface area contributed by atoms with Gasteiger partial charge < -0.3 is 37.6 Å². The van der Waals surface area contributed by atoms with E-state index in [0.717, 1.165) is 55.4 Å². The van der Waals surface area contributed by atoms with Gasteiger partial charge in [0.25, 0.3) is 0 Å². The van der Waals surface area contributed by atoms with Crippen molar-refractivity contribution < 1.29 is 28.8 Å². The van der Waals surface area contributed by atoms with Crippen molar-refractivity contribution in [3.63, 3.8) is 0 Å². The number of hydrogen-bond donors (Lipinski definition) is 7. The predicted octanol–water partition coefficient (Wildman–Crippen LogP) is 2.95. The molecular weight excluding hydrogens is 753 g/mol. The number of carbonyl (C=O) groups excluding carboxylic acids is 6. The second-order valence-electron chi connectivity index (χ2n) is 16.4. The molecular formula is C40H62N8O6S2. The first-order chi connectivity index (χ1) is 26.6. The van der Waals surface area contributed by atoms with Crippen molar-refractivity contribution in [3.8, 4) is 0 Å². The van der Waals surface area contributed by atoms with Crippen molar-refractivity contribution in [3.05, 3.63) is 35.4 Å². The van der Waals surface area contributed by atoms with Crippen LogP contribution in [0.15, 0.2) is 24.3 Å². The van der Waals surface area contributed by atoms with Gasteiger partial charge in [0.05, 0.1) is 6.04 Å². The van der Waals surface area contributed by atoms with Gasteiger partial charge in [0.15, 0.2) is 11.7 Å². The van der Waals surface area contributed by atoms with Gasteiger partial charge in [-0.05, 0) is 61.0 Å². The van der Waals surface area contributed by atoms with Gasteiger partial charge in [0.2, 0.25) is 29.5 Å². The molecule has 16 heteroatoms. The van der Waals surface area contributed by atoms with Crippen LogP contribution in [-0.2, 0) is 40.3 Å². The van der Waals surface area contributed by atoms with Crippen LogP contribution in [-0.4, -0.2) is 94.9 Å². The third-order valence-electron chi connectivity index (χ3n) is 10.9. The van der Waals surface area contributed by atoms with E-state index in [9.17, 15) is 28.8 Å². The van der Waals surface area contributed by atoms with Crippen LogP contribution < -0.4 is 32.7 Å². The van der Waals surface area contributed by atoms with E-state index >= 15 is 0 Å². The number of fused-ring (bicyclic) bond motifs is 3. The Balaban J connectivity index is 1.63. The van der Waals surface area contributed by atoms with Crippen molar-refractivity contribution >= 4 is 64.8 Å². The average molecular weight is 815 g/mol. The van der Waals surface area contributed by atoms with E-state index in [1.807, 2.05) is 18.2 Å². The first kappa shape index (κ1) is 44.9. The van der Waals surface area contributed by atoms with Crippen LogP contribution in [0.4, 0.5) is 0 Å². The Kier molecular flexibility index (Phi) is 17.4. The predicted molar refractivity (Wildman–Crippen MR) is 221 cm³/mol. The molecule has 4 rings (SSSR count). The van der Waals surface area contributed by atoms with Crippen LogP contribution in [0.2, 0.25) is 0 Å². The Labute approximate surface area is 339 Å². The number of carbonyl (C=O) groups is 6. The van der Waals surface area contributed by atoms with Gasteiger partial charge in [-0.1, -0.05) is 64.3 Å². The van der Waals surface area contributed by atoms with E-state index in [4.69, 9.17) is 16.9 Å². The van der Waals surface area contributed by atoms with Crippen LogP contribution in [0.5, 0.6) is 0 Å². The molecule has 1 aliphatic carbocycles. The SMILES string of the molecule is CC(C)(C)[C@H](NC(=O)[C@H](CCCNC(=N)N)NC(=O)[C@@H]1CSCc2cccc(c2)CSCCC(=O)N2CCC[C@H]2C(=O)C[C@@H](C2CCCCC2)C(=O)N1)C(N)=O. The number of primary amides is 1. The standard InChI is InChI=1S/C40H62N8O6S2/c1-40(2,3)34(35(41)51)47-37(53)29(14-8-17-44-39(42)43)45-38(54)30-24-56-23-26-11-7-10-25(20-26)22-55-19-16-33(50)48-18-9-15-31(48)32(49)21-28(36(52)46-30)27-12-5-4-6-13-27/h7,10-11,20,27-31,34H,4-6,8-9,12-19,21-24H2,1-3H3,(H2,41,51)(H,45,54)(H,46,52)(H,47,53)(H4,42,43,44)/t28-,29-,30-,31-,34+/m0/s1. The van der Waals surface area contributed by atoms with Crippen molar-refractivity contribution in [2.75, 3.05) is 24.6 Å². The number of rotatable bonds is 10. The maximum Gasteiger partial charge on any atom is 0.244 e. The Morgan fingerprint density at radius 2 is 1.68 bits per heavy atom. The van der Waals surface area contributed by atoms with Gasteiger partial charge >= 0.3 is 0 Å². The van der Waals surface area contributed by atoms with E-state index in [-0.39, 0.29) is 54.6 Å². The van der Waals surface area contributed by atoms with Crippen LogP contribution in [0.25, 0.3) is 0 Å². The number of ketones is 1. The van der Waals surface area contributed by atoms with E-state index in [1.165, 1.54) is 11.8 Å². The molecule has 0 radical (unpaired) electrons. The Morgan fingerprint density at radius 1 is 0.982 bits per heavy atom. The maximum absolute atomic E-state index is 14.4. The monoisotopic (exact) mass is 814 g/mol. The van der Waals surface area contributed by atoms with Crippen molar-refractivity contribution in [2.45, 2.75) is 127 Å². The Morgan fingerprint density at radius 3 is 2.34 bits per heavy atom. The first-order valence-electron chi connectivity index (χ1n) is 20.0. The van der Waals surface area contributed by atoms with Crippen molar-refractivity contribution in [1.29, 1.82) is 5.41 Å². The van der Waals surface area contributed by atoms with Crippen LogP contribution >= 0.6 is 23.5 Å². The number of guanidine groups is 1. The van der Waals surface area contributed by atoms with Crippen LogP contribution in [0.3, 0.4) is 0 Å². The molecule has 2 bridgehead atoms. The number of amides is 5. The summed E-state index contributed by atoms with van der Waals surface area (Å²) in [5.41, 5.74) is 12.6. The lowest BCUT2D eigenvalue weighted by Crippen LogP contribution is -2.59. The summed E-state index contributed by atoms with van der Waals surface area (Å²) in [6.45, 7) is 6.11. The minimum Gasteiger partial charge on any atom is -0.370 e. The normalized spacial score (nSPS) is 23.3. The molecule has 5 atom stereocenters. The van der Waals surface area contributed by atoms with Crippen molar-refractivity contribution in [2.24, 2.45) is 28.7 Å². The highest BCUT2D eigenvalue weighted by molar-refractivity contribution is 7.98. The maximum atomic E-state index is 14.4. The van der Waals surface area contributed by atoms with Crippen molar-refractivity contribution in [1.82, 2.24) is 26.2 Å². The summed E-state index contributed by atoms with van der Waals surface area (Å²) >= 11 is 3.16. The molecule has 0 aromatic heterocycles. The zero-order chi connectivity index (χ0) is 40.8. The summed E-state index contributed by atoms with van der Waals surface area (Å²) in [7, 11) is 0. The summed E-state index contributed by atoms with van der Waals surface area (Å²) < 4.78 is 0. The molecule has 5 amide bonds. The van der Waals surface area contributed by atoms with E-state index in [0.29, 0.717) is 37.3 Å². The van der Waals surface area contributed by atoms with Gasteiger partial charge in [-0.15, -0.1) is 0 Å². The molecule has 1 aromatic carbocycles. The number of benzene rings is 1. The summed E-state index contributed by atoms with van der Waals surface area (Å²) in [5.74, 6) is -1.24. The van der Waals surface area contributed by atoms with Gasteiger partial charge in [-0.3, -0.25) is 34.2 Å². The van der Waals surface area contributed by atoms with E-state index in [2.05, 4.69) is 27.3 Å². The molecule has 9 N–H and O–H groups in total. The first-order valence-corrected chi connectivity index (χ1v) is 22.3. The van der Waals surface area contributed by atoms with Gasteiger partial charge in [-0.2, -0.15) is 23.5 Å². The minimum absolute atomic E-state index is 0.0114. The lowest BCUT2D eigenvalue weighted by atomic mass is 9.76. The fourth-order valence-corrected chi connectivity index (χ4v) is 9.73. The number of nitrogens with one attached hydrogen (secondary N) is 5. The molecule has 310 valence electrons. The molecule has 1 saturated heterocycles. The lowest BCUT2D eigenvalue weighted by molar-refractivity contribution is -0.140. The molecule has 1 saturated carbocycles. The number of hydrogen-bond acceptors (Lipinski definition) is 9. The molecule has 14 nitrogen and oxygen atoms in total. The minimum atomic E-state index is -1.10. The Hall–Kier alpha value is -3.79. The highest BCUT2D eigenvalue weighted by Crippen LogP contribution is 2.34. The fourth-order valence-electron chi connectivity index (χ4n) is 7.85. The molecule has 2 fully saturated rings. The molecule has 56 heavy (non-hydrogen) atoms.